The Morgan fingerprint density at radius 1 is 1.12 bits per heavy atom. The standard InChI is InChI=1S/C17H22BrF3N2O2/c1-16(2,3)15(24)25-23-6-4-22(5-7-23)11-12-8-13(17(19,20)21)10-14(18)9-12/h8-10H,4-7,11H2,1-3H3. The smallest absolute Gasteiger partial charge is 0.367 e. The predicted molar refractivity (Wildman–Crippen MR) is 91.5 cm³/mol. The van der Waals surface area contributed by atoms with E-state index in [1.807, 2.05) is 4.90 Å². The average molecular weight is 423 g/mol. The first kappa shape index (κ1) is 20.2. The molecule has 1 aromatic carbocycles. The number of alkyl halides is 3. The van der Waals surface area contributed by atoms with Gasteiger partial charge >= 0.3 is 12.1 Å². The van der Waals surface area contributed by atoms with Gasteiger partial charge in [0.05, 0.1) is 11.0 Å². The third-order valence-electron chi connectivity index (χ3n) is 3.85. The van der Waals surface area contributed by atoms with Crippen LogP contribution in [-0.4, -0.2) is 42.1 Å². The summed E-state index contributed by atoms with van der Waals surface area (Å²) in [5.41, 5.74) is -0.627. The van der Waals surface area contributed by atoms with Gasteiger partial charge in [0.25, 0.3) is 0 Å². The van der Waals surface area contributed by atoms with Crippen molar-refractivity contribution >= 4 is 21.9 Å². The van der Waals surface area contributed by atoms with Gasteiger partial charge in [-0.25, -0.2) is 4.79 Å². The molecule has 2 rings (SSSR count). The van der Waals surface area contributed by atoms with E-state index >= 15 is 0 Å². The number of rotatable bonds is 3. The van der Waals surface area contributed by atoms with Crippen LogP contribution in [0.5, 0.6) is 0 Å². The van der Waals surface area contributed by atoms with E-state index in [2.05, 4.69) is 15.9 Å². The highest BCUT2D eigenvalue weighted by atomic mass is 79.9. The summed E-state index contributed by atoms with van der Waals surface area (Å²) in [6.07, 6.45) is -4.36. The molecule has 0 atom stereocenters. The molecule has 0 radical (unpaired) electrons. The summed E-state index contributed by atoms with van der Waals surface area (Å²) >= 11 is 3.14. The molecule has 1 aliphatic heterocycles. The Labute approximate surface area is 154 Å². The van der Waals surface area contributed by atoms with Crippen LogP contribution >= 0.6 is 15.9 Å². The van der Waals surface area contributed by atoms with Gasteiger partial charge in [0.1, 0.15) is 0 Å². The summed E-state index contributed by atoms with van der Waals surface area (Å²) in [5.74, 6) is -0.289. The normalized spacial score (nSPS) is 17.6. The van der Waals surface area contributed by atoms with Crippen LogP contribution < -0.4 is 0 Å². The zero-order valence-corrected chi connectivity index (χ0v) is 16.1. The molecule has 1 fully saturated rings. The summed E-state index contributed by atoms with van der Waals surface area (Å²) in [6.45, 7) is 8.08. The van der Waals surface area contributed by atoms with E-state index in [1.165, 1.54) is 6.07 Å². The molecule has 8 heteroatoms. The van der Waals surface area contributed by atoms with E-state index in [1.54, 1.807) is 31.9 Å². The van der Waals surface area contributed by atoms with E-state index in [0.717, 1.165) is 6.07 Å². The van der Waals surface area contributed by atoms with Crippen LogP contribution in [-0.2, 0) is 22.4 Å². The van der Waals surface area contributed by atoms with E-state index in [9.17, 15) is 18.0 Å². The van der Waals surface area contributed by atoms with Crippen LogP contribution in [0.15, 0.2) is 22.7 Å². The molecule has 0 N–H and O–H groups in total. The molecule has 0 bridgehead atoms. The van der Waals surface area contributed by atoms with Crippen LogP contribution in [0.4, 0.5) is 13.2 Å². The van der Waals surface area contributed by atoms with Gasteiger partial charge in [0, 0.05) is 37.2 Å². The third-order valence-corrected chi connectivity index (χ3v) is 4.30. The molecule has 0 unspecified atom stereocenters. The summed E-state index contributed by atoms with van der Waals surface area (Å²) in [6, 6.07) is 3.95. The fraction of sp³-hybridized carbons (Fsp3) is 0.588. The summed E-state index contributed by atoms with van der Waals surface area (Å²) < 4.78 is 39.1. The van der Waals surface area contributed by atoms with Crippen molar-refractivity contribution in [1.82, 2.24) is 9.96 Å². The fourth-order valence-electron chi connectivity index (χ4n) is 2.40. The van der Waals surface area contributed by atoms with Crippen molar-refractivity contribution in [2.75, 3.05) is 26.2 Å². The van der Waals surface area contributed by atoms with Gasteiger partial charge in [-0.3, -0.25) is 4.90 Å². The predicted octanol–water partition coefficient (Wildman–Crippen LogP) is 4.09. The average Bonchev–Trinajstić information content (AvgIpc) is 2.47. The molecular formula is C17H22BrF3N2O2. The van der Waals surface area contributed by atoms with Crippen LogP contribution in [0.25, 0.3) is 0 Å². The maximum absolute atomic E-state index is 12.9. The first-order chi connectivity index (χ1) is 11.4. The summed E-state index contributed by atoms with van der Waals surface area (Å²) in [5, 5.41) is 1.62. The van der Waals surface area contributed by atoms with Crippen LogP contribution in [0, 0.1) is 5.41 Å². The van der Waals surface area contributed by atoms with E-state index in [-0.39, 0.29) is 5.97 Å². The molecular weight excluding hydrogens is 401 g/mol. The second-order valence-corrected chi connectivity index (χ2v) is 8.10. The zero-order chi connectivity index (χ0) is 18.8. The zero-order valence-electron chi connectivity index (χ0n) is 14.5. The Morgan fingerprint density at radius 3 is 2.24 bits per heavy atom. The number of carbonyl (C=O) groups is 1. The Balaban J connectivity index is 1.92. The molecule has 140 valence electrons. The van der Waals surface area contributed by atoms with Crippen molar-refractivity contribution in [3.63, 3.8) is 0 Å². The second-order valence-electron chi connectivity index (χ2n) is 7.18. The summed E-state index contributed by atoms with van der Waals surface area (Å²) in [7, 11) is 0. The van der Waals surface area contributed by atoms with Crippen molar-refractivity contribution in [2.45, 2.75) is 33.5 Å². The molecule has 0 spiro atoms. The van der Waals surface area contributed by atoms with Gasteiger partial charge in [-0.15, -0.1) is 5.06 Å². The Bertz CT molecular complexity index is 621. The van der Waals surface area contributed by atoms with E-state index < -0.39 is 17.2 Å². The minimum atomic E-state index is -4.36. The van der Waals surface area contributed by atoms with Crippen molar-refractivity contribution in [1.29, 1.82) is 0 Å². The molecule has 25 heavy (non-hydrogen) atoms. The number of halogens is 4. The lowest BCUT2D eigenvalue weighted by atomic mass is 9.98. The van der Waals surface area contributed by atoms with Crippen molar-refractivity contribution < 1.29 is 22.8 Å². The van der Waals surface area contributed by atoms with Crippen LogP contribution in [0.2, 0.25) is 0 Å². The number of hydrogen-bond donors (Lipinski definition) is 0. The maximum atomic E-state index is 12.9. The van der Waals surface area contributed by atoms with Crippen molar-refractivity contribution in [3.05, 3.63) is 33.8 Å². The molecule has 0 aliphatic carbocycles. The first-order valence-electron chi connectivity index (χ1n) is 8.01. The lowest BCUT2D eigenvalue weighted by Crippen LogP contribution is -2.47. The number of piperazine rings is 1. The lowest BCUT2D eigenvalue weighted by molar-refractivity contribution is -0.207. The van der Waals surface area contributed by atoms with Gasteiger partial charge < -0.3 is 4.84 Å². The highest BCUT2D eigenvalue weighted by Crippen LogP contribution is 2.32. The summed E-state index contributed by atoms with van der Waals surface area (Å²) in [4.78, 5) is 19.3. The molecule has 0 amide bonds. The Hall–Kier alpha value is -1.12. The number of hydroxylamine groups is 2. The van der Waals surface area contributed by atoms with Crippen molar-refractivity contribution in [2.24, 2.45) is 5.41 Å². The van der Waals surface area contributed by atoms with Gasteiger partial charge in [-0.1, -0.05) is 15.9 Å². The second kappa shape index (κ2) is 7.63. The van der Waals surface area contributed by atoms with Crippen LogP contribution in [0.3, 0.4) is 0 Å². The minimum Gasteiger partial charge on any atom is -0.367 e. The molecule has 4 nitrogen and oxygen atoms in total. The van der Waals surface area contributed by atoms with Gasteiger partial charge in [0.2, 0.25) is 0 Å². The molecule has 0 aromatic heterocycles. The SMILES string of the molecule is CC(C)(C)C(=O)ON1CCN(Cc2cc(Br)cc(C(F)(F)F)c2)CC1. The minimum absolute atomic E-state index is 0.289. The monoisotopic (exact) mass is 422 g/mol. The van der Waals surface area contributed by atoms with Gasteiger partial charge in [0.15, 0.2) is 0 Å². The molecule has 1 heterocycles. The van der Waals surface area contributed by atoms with E-state index in [0.29, 0.717) is 42.8 Å². The molecule has 1 aromatic rings. The molecule has 1 saturated heterocycles. The quantitative estimate of drug-likeness (QED) is 0.734. The number of benzene rings is 1. The number of nitrogens with zero attached hydrogens (tertiary/aromatic N) is 2. The first-order valence-corrected chi connectivity index (χ1v) is 8.81. The van der Waals surface area contributed by atoms with Gasteiger partial charge in [-0.05, 0) is 44.5 Å². The highest BCUT2D eigenvalue weighted by Gasteiger charge is 2.31. The number of hydrogen-bond acceptors (Lipinski definition) is 4. The van der Waals surface area contributed by atoms with Gasteiger partial charge in [-0.2, -0.15) is 13.2 Å². The molecule has 0 saturated carbocycles. The maximum Gasteiger partial charge on any atom is 0.416 e. The topological polar surface area (TPSA) is 32.8 Å². The Kier molecular flexibility index (Phi) is 6.17. The molecule has 1 aliphatic rings. The fourth-order valence-corrected chi connectivity index (χ4v) is 2.94. The van der Waals surface area contributed by atoms with Crippen molar-refractivity contribution in [3.8, 4) is 0 Å². The highest BCUT2D eigenvalue weighted by molar-refractivity contribution is 9.10. The third kappa shape index (κ3) is 5.97. The largest absolute Gasteiger partial charge is 0.416 e. The Morgan fingerprint density at radius 2 is 1.72 bits per heavy atom. The number of carbonyl (C=O) groups excluding carboxylic acids is 1. The van der Waals surface area contributed by atoms with E-state index in [4.69, 9.17) is 4.84 Å². The van der Waals surface area contributed by atoms with Crippen LogP contribution in [0.1, 0.15) is 31.9 Å². The lowest BCUT2D eigenvalue weighted by Gasteiger charge is -2.34.